The number of alkyl halides is 1. The number of hydrogen-bond acceptors (Lipinski definition) is 2. The fourth-order valence-corrected chi connectivity index (χ4v) is 1.88. The molecule has 76 valence electrons. The number of aryl methyl sites for hydroxylation is 1. The van der Waals surface area contributed by atoms with Crippen LogP contribution in [0.5, 0.6) is 0 Å². The molecule has 3 heteroatoms. The molecule has 0 saturated heterocycles. The van der Waals surface area contributed by atoms with Crippen molar-refractivity contribution in [1.29, 1.82) is 0 Å². The van der Waals surface area contributed by atoms with Crippen LogP contribution >= 0.6 is 0 Å². The molecule has 2 unspecified atom stereocenters. The molecule has 2 atom stereocenters. The van der Waals surface area contributed by atoms with Gasteiger partial charge in [0.15, 0.2) is 0 Å². The standard InChI is InChI=1S/C11H15FN2/c1-8-5-6-13-11(7-8)14-10-4-2-3-9(10)12/h5-7,9-10H,2-4H2,1H3,(H,13,14). The van der Waals surface area contributed by atoms with Crippen LogP contribution in [0.4, 0.5) is 10.2 Å². The predicted octanol–water partition coefficient (Wildman–Crippen LogP) is 2.69. The van der Waals surface area contributed by atoms with Crippen LogP contribution in [-0.4, -0.2) is 17.2 Å². The summed E-state index contributed by atoms with van der Waals surface area (Å²) in [4.78, 5) is 4.16. The van der Waals surface area contributed by atoms with Gasteiger partial charge in [-0.3, -0.25) is 0 Å². The van der Waals surface area contributed by atoms with Gasteiger partial charge in [0, 0.05) is 6.20 Å². The lowest BCUT2D eigenvalue weighted by Gasteiger charge is -2.15. The minimum Gasteiger partial charge on any atom is -0.364 e. The second-order valence-corrected chi connectivity index (χ2v) is 3.92. The Bertz CT molecular complexity index is 314. The van der Waals surface area contributed by atoms with Gasteiger partial charge in [0.25, 0.3) is 0 Å². The zero-order chi connectivity index (χ0) is 9.97. The number of halogens is 1. The van der Waals surface area contributed by atoms with E-state index in [1.165, 1.54) is 0 Å². The number of hydrogen-bond donors (Lipinski definition) is 1. The number of rotatable bonds is 2. The summed E-state index contributed by atoms with van der Waals surface area (Å²) in [6.07, 6.45) is 3.61. The minimum absolute atomic E-state index is 0.0377. The maximum Gasteiger partial charge on any atom is 0.126 e. The van der Waals surface area contributed by atoms with Crippen molar-refractivity contribution in [3.8, 4) is 0 Å². The van der Waals surface area contributed by atoms with E-state index < -0.39 is 6.17 Å². The van der Waals surface area contributed by atoms with E-state index in [0.717, 1.165) is 24.2 Å². The molecule has 1 aliphatic carbocycles. The molecule has 0 radical (unpaired) electrons. The maximum absolute atomic E-state index is 13.3. The van der Waals surface area contributed by atoms with Gasteiger partial charge in [0.05, 0.1) is 6.04 Å². The normalized spacial score (nSPS) is 26.4. The van der Waals surface area contributed by atoms with Crippen molar-refractivity contribution >= 4 is 5.82 Å². The summed E-state index contributed by atoms with van der Waals surface area (Å²) in [5.74, 6) is 0.791. The Kier molecular flexibility index (Phi) is 2.66. The fraction of sp³-hybridized carbons (Fsp3) is 0.545. The Morgan fingerprint density at radius 2 is 2.36 bits per heavy atom. The lowest BCUT2D eigenvalue weighted by molar-refractivity contribution is 0.323. The van der Waals surface area contributed by atoms with Crippen molar-refractivity contribution < 1.29 is 4.39 Å². The van der Waals surface area contributed by atoms with E-state index in [9.17, 15) is 4.39 Å². The second kappa shape index (κ2) is 3.95. The SMILES string of the molecule is Cc1ccnc(NC2CCCC2F)c1. The van der Waals surface area contributed by atoms with E-state index in [0.29, 0.717) is 6.42 Å². The van der Waals surface area contributed by atoms with Crippen LogP contribution in [0.1, 0.15) is 24.8 Å². The lowest BCUT2D eigenvalue weighted by Crippen LogP contribution is -2.25. The van der Waals surface area contributed by atoms with Crippen molar-refractivity contribution in [2.75, 3.05) is 5.32 Å². The van der Waals surface area contributed by atoms with Gasteiger partial charge in [-0.25, -0.2) is 9.37 Å². The molecule has 0 bridgehead atoms. The highest BCUT2D eigenvalue weighted by Gasteiger charge is 2.26. The molecule has 1 aromatic heterocycles. The van der Waals surface area contributed by atoms with Crippen LogP contribution in [0.3, 0.4) is 0 Å². The molecule has 0 aliphatic heterocycles. The third kappa shape index (κ3) is 2.03. The molecule has 1 fully saturated rings. The first-order valence-corrected chi connectivity index (χ1v) is 5.09. The van der Waals surface area contributed by atoms with E-state index in [4.69, 9.17) is 0 Å². The van der Waals surface area contributed by atoms with Gasteiger partial charge in [-0.15, -0.1) is 0 Å². The van der Waals surface area contributed by atoms with E-state index in [-0.39, 0.29) is 6.04 Å². The molecule has 1 aromatic rings. The van der Waals surface area contributed by atoms with Gasteiger partial charge < -0.3 is 5.32 Å². The Balaban J connectivity index is 2.03. The third-order valence-electron chi connectivity index (χ3n) is 2.68. The van der Waals surface area contributed by atoms with Crippen LogP contribution in [0.15, 0.2) is 18.3 Å². The van der Waals surface area contributed by atoms with Crippen molar-refractivity contribution in [3.05, 3.63) is 23.9 Å². The van der Waals surface area contributed by atoms with Crippen molar-refractivity contribution in [3.63, 3.8) is 0 Å². The van der Waals surface area contributed by atoms with Crippen molar-refractivity contribution in [2.24, 2.45) is 0 Å². The number of pyridine rings is 1. The Morgan fingerprint density at radius 1 is 1.50 bits per heavy atom. The van der Waals surface area contributed by atoms with Crippen LogP contribution in [0.2, 0.25) is 0 Å². The van der Waals surface area contributed by atoms with Crippen LogP contribution in [-0.2, 0) is 0 Å². The first-order valence-electron chi connectivity index (χ1n) is 5.09. The summed E-state index contributed by atoms with van der Waals surface area (Å²) in [6.45, 7) is 2.01. The van der Waals surface area contributed by atoms with Gasteiger partial charge in [-0.1, -0.05) is 0 Å². The average molecular weight is 194 g/mol. The quantitative estimate of drug-likeness (QED) is 0.783. The Hall–Kier alpha value is -1.12. The molecular formula is C11H15FN2. The molecule has 1 saturated carbocycles. The zero-order valence-electron chi connectivity index (χ0n) is 8.33. The van der Waals surface area contributed by atoms with Crippen LogP contribution in [0, 0.1) is 6.92 Å². The number of nitrogens with one attached hydrogen (secondary N) is 1. The number of anilines is 1. The molecule has 2 rings (SSSR count). The summed E-state index contributed by atoms with van der Waals surface area (Å²) in [7, 11) is 0. The van der Waals surface area contributed by atoms with Crippen molar-refractivity contribution in [1.82, 2.24) is 4.98 Å². The van der Waals surface area contributed by atoms with Crippen LogP contribution < -0.4 is 5.32 Å². The number of aromatic nitrogens is 1. The van der Waals surface area contributed by atoms with Gasteiger partial charge in [0.1, 0.15) is 12.0 Å². The Labute approximate surface area is 83.6 Å². The highest BCUT2D eigenvalue weighted by atomic mass is 19.1. The molecule has 1 aliphatic rings. The van der Waals surface area contributed by atoms with E-state index >= 15 is 0 Å². The minimum atomic E-state index is -0.711. The fourth-order valence-electron chi connectivity index (χ4n) is 1.88. The largest absolute Gasteiger partial charge is 0.364 e. The average Bonchev–Trinajstić information content (AvgIpc) is 2.52. The number of nitrogens with zero attached hydrogens (tertiary/aromatic N) is 1. The molecule has 1 N–H and O–H groups in total. The highest BCUT2D eigenvalue weighted by molar-refractivity contribution is 5.38. The smallest absolute Gasteiger partial charge is 0.126 e. The topological polar surface area (TPSA) is 24.9 Å². The first-order chi connectivity index (χ1) is 6.75. The molecule has 0 spiro atoms. The second-order valence-electron chi connectivity index (χ2n) is 3.92. The molecule has 2 nitrogen and oxygen atoms in total. The van der Waals surface area contributed by atoms with E-state index in [1.54, 1.807) is 6.20 Å². The molecular weight excluding hydrogens is 179 g/mol. The highest BCUT2D eigenvalue weighted by Crippen LogP contribution is 2.24. The first kappa shape index (κ1) is 9.44. The van der Waals surface area contributed by atoms with E-state index in [2.05, 4.69) is 10.3 Å². The molecule has 0 aromatic carbocycles. The lowest BCUT2D eigenvalue weighted by atomic mass is 10.2. The van der Waals surface area contributed by atoms with Crippen molar-refractivity contribution in [2.45, 2.75) is 38.4 Å². The molecule has 0 amide bonds. The molecule has 1 heterocycles. The zero-order valence-corrected chi connectivity index (χ0v) is 8.33. The maximum atomic E-state index is 13.3. The molecule has 14 heavy (non-hydrogen) atoms. The predicted molar refractivity (Wildman–Crippen MR) is 55.1 cm³/mol. The third-order valence-corrected chi connectivity index (χ3v) is 2.68. The van der Waals surface area contributed by atoms with Gasteiger partial charge in [0.2, 0.25) is 0 Å². The Morgan fingerprint density at radius 3 is 3.00 bits per heavy atom. The summed E-state index contributed by atoms with van der Waals surface area (Å²) >= 11 is 0. The van der Waals surface area contributed by atoms with Gasteiger partial charge >= 0.3 is 0 Å². The summed E-state index contributed by atoms with van der Waals surface area (Å²) < 4.78 is 13.3. The van der Waals surface area contributed by atoms with E-state index in [1.807, 2.05) is 19.1 Å². The summed E-state index contributed by atoms with van der Waals surface area (Å²) in [5, 5.41) is 3.15. The van der Waals surface area contributed by atoms with Gasteiger partial charge in [-0.05, 0) is 43.9 Å². The summed E-state index contributed by atoms with van der Waals surface area (Å²) in [6, 6.07) is 3.85. The monoisotopic (exact) mass is 194 g/mol. The summed E-state index contributed by atoms with van der Waals surface area (Å²) in [5.41, 5.74) is 1.15. The van der Waals surface area contributed by atoms with Crippen LogP contribution in [0.25, 0.3) is 0 Å². The van der Waals surface area contributed by atoms with Gasteiger partial charge in [-0.2, -0.15) is 0 Å².